The normalized spacial score (nSPS) is 10.6. The number of carbonyl (C=O) groups is 4. The number of ether oxygens (including phenoxy) is 2. The second-order valence-corrected chi connectivity index (χ2v) is 3.16. The minimum absolute atomic E-state index is 0.468. The summed E-state index contributed by atoms with van der Waals surface area (Å²) in [6.07, 6.45) is 9.14. The Bertz CT molecular complexity index is 451. The maximum atomic E-state index is 10.5. The molecule has 0 radical (unpaired) electrons. The first-order valence-electron chi connectivity index (χ1n) is 5.64. The Balaban J connectivity index is 0. The molecule has 8 nitrogen and oxygen atoms in total. The van der Waals surface area contributed by atoms with Crippen molar-refractivity contribution in [3.05, 3.63) is 48.6 Å². The quantitative estimate of drug-likeness (QED) is 0.417. The third-order valence-corrected chi connectivity index (χ3v) is 1.57. The van der Waals surface area contributed by atoms with E-state index in [0.717, 1.165) is 24.3 Å². The highest BCUT2D eigenvalue weighted by molar-refractivity contribution is 5.84. The smallest absolute Gasteiger partial charge is 0.330 e. The Morgan fingerprint density at radius 1 is 0.636 bits per heavy atom. The van der Waals surface area contributed by atoms with E-state index in [0.29, 0.717) is 0 Å². The zero-order valence-electron chi connectivity index (χ0n) is 12.0. The van der Waals surface area contributed by atoms with E-state index < -0.39 is 23.9 Å². The minimum atomic E-state index is -1.10. The Kier molecular flexibility index (Phi) is 13.7. The lowest BCUT2D eigenvalue weighted by molar-refractivity contribution is -0.135. The average molecular weight is 312 g/mol. The second kappa shape index (κ2) is 14.3. The van der Waals surface area contributed by atoms with Crippen LogP contribution in [0.4, 0.5) is 0 Å². The van der Waals surface area contributed by atoms with Gasteiger partial charge in [0.05, 0.1) is 14.2 Å². The van der Waals surface area contributed by atoms with Gasteiger partial charge in [0, 0.05) is 24.3 Å². The lowest BCUT2D eigenvalue weighted by atomic mass is 10.4. The highest BCUT2D eigenvalue weighted by Crippen LogP contribution is 1.82. The first-order chi connectivity index (χ1) is 10.3. The Morgan fingerprint density at radius 3 is 1.14 bits per heavy atom. The number of methoxy groups -OCH3 is 2. The van der Waals surface area contributed by atoms with E-state index in [-0.39, 0.29) is 0 Å². The summed E-state index contributed by atoms with van der Waals surface area (Å²) in [4.78, 5) is 40.5. The van der Waals surface area contributed by atoms with Gasteiger partial charge in [-0.2, -0.15) is 0 Å². The average Bonchev–Trinajstić information content (AvgIpc) is 2.47. The van der Waals surface area contributed by atoms with Crippen LogP contribution in [0, 0.1) is 0 Å². The van der Waals surface area contributed by atoms with Gasteiger partial charge in [-0.3, -0.25) is 0 Å². The molecule has 0 amide bonds. The predicted octanol–water partition coefficient (Wildman–Crippen LogP) is 0.713. The van der Waals surface area contributed by atoms with Crippen LogP contribution in [0.25, 0.3) is 0 Å². The third-order valence-electron chi connectivity index (χ3n) is 1.57. The summed E-state index contributed by atoms with van der Waals surface area (Å²) in [6, 6.07) is 0. The number of allylic oxidation sites excluding steroid dienone is 4. The largest absolute Gasteiger partial charge is 0.478 e. The van der Waals surface area contributed by atoms with Crippen LogP contribution in [0.3, 0.4) is 0 Å². The first kappa shape index (κ1) is 21.1. The maximum Gasteiger partial charge on any atom is 0.330 e. The van der Waals surface area contributed by atoms with Crippen LogP contribution in [0.1, 0.15) is 0 Å². The van der Waals surface area contributed by atoms with Gasteiger partial charge in [-0.05, 0) is 0 Å². The number of esters is 2. The fourth-order valence-corrected chi connectivity index (χ4v) is 0.680. The van der Waals surface area contributed by atoms with E-state index >= 15 is 0 Å². The van der Waals surface area contributed by atoms with Crippen molar-refractivity contribution in [1.82, 2.24) is 0 Å². The van der Waals surface area contributed by atoms with Crippen molar-refractivity contribution in [2.45, 2.75) is 0 Å². The van der Waals surface area contributed by atoms with Gasteiger partial charge in [-0.1, -0.05) is 24.3 Å². The summed E-state index contributed by atoms with van der Waals surface area (Å²) in [6.45, 7) is 0. The number of hydrogen-bond donors (Lipinski definition) is 2. The lowest BCUT2D eigenvalue weighted by Crippen LogP contribution is -1.94. The van der Waals surface area contributed by atoms with Gasteiger partial charge in [-0.25, -0.2) is 19.2 Å². The molecule has 0 saturated heterocycles. The molecule has 0 unspecified atom stereocenters. The summed E-state index contributed by atoms with van der Waals surface area (Å²) in [5.74, 6) is -3.14. The topological polar surface area (TPSA) is 127 Å². The SMILES string of the molecule is COC(=O)/C=C\C=C\C(=O)OC.O=C(O)/C=C\C=C\C(=O)O. The molecule has 0 heterocycles. The van der Waals surface area contributed by atoms with Crippen molar-refractivity contribution < 1.29 is 38.9 Å². The maximum absolute atomic E-state index is 10.5. The van der Waals surface area contributed by atoms with Gasteiger partial charge in [0.25, 0.3) is 0 Å². The highest BCUT2D eigenvalue weighted by Gasteiger charge is 1.89. The molecular weight excluding hydrogens is 296 g/mol. The molecule has 120 valence electrons. The van der Waals surface area contributed by atoms with Crippen LogP contribution in [-0.2, 0) is 28.7 Å². The molecule has 0 atom stereocenters. The van der Waals surface area contributed by atoms with Crippen LogP contribution < -0.4 is 0 Å². The van der Waals surface area contributed by atoms with E-state index in [9.17, 15) is 19.2 Å². The third kappa shape index (κ3) is 19.2. The minimum Gasteiger partial charge on any atom is -0.478 e. The summed E-state index contributed by atoms with van der Waals surface area (Å²) in [5, 5.41) is 16.0. The lowest BCUT2D eigenvalue weighted by Gasteiger charge is -1.87. The van der Waals surface area contributed by atoms with Gasteiger partial charge in [0.2, 0.25) is 0 Å². The van der Waals surface area contributed by atoms with Crippen molar-refractivity contribution in [2.75, 3.05) is 14.2 Å². The summed E-state index contributed by atoms with van der Waals surface area (Å²) in [7, 11) is 2.55. The van der Waals surface area contributed by atoms with Crippen LogP contribution in [0.2, 0.25) is 0 Å². The molecule has 22 heavy (non-hydrogen) atoms. The Morgan fingerprint density at radius 2 is 0.909 bits per heavy atom. The zero-order valence-corrected chi connectivity index (χ0v) is 12.0. The summed E-state index contributed by atoms with van der Waals surface area (Å²) >= 11 is 0. The van der Waals surface area contributed by atoms with Gasteiger partial charge in [0.15, 0.2) is 0 Å². The van der Waals surface area contributed by atoms with Crippen molar-refractivity contribution in [3.8, 4) is 0 Å². The number of hydrogen-bond acceptors (Lipinski definition) is 6. The molecule has 0 aliphatic carbocycles. The van der Waals surface area contributed by atoms with Crippen LogP contribution >= 0.6 is 0 Å². The zero-order chi connectivity index (χ0) is 17.4. The van der Waals surface area contributed by atoms with E-state index in [1.54, 1.807) is 0 Å². The summed E-state index contributed by atoms with van der Waals surface area (Å²) in [5.41, 5.74) is 0. The van der Waals surface area contributed by atoms with E-state index in [1.807, 2.05) is 0 Å². The first-order valence-corrected chi connectivity index (χ1v) is 5.64. The molecule has 0 bridgehead atoms. The van der Waals surface area contributed by atoms with Gasteiger partial charge in [0.1, 0.15) is 0 Å². The number of carboxylic acid groups (broad SMARTS) is 2. The van der Waals surface area contributed by atoms with E-state index in [2.05, 4.69) is 9.47 Å². The molecule has 2 N–H and O–H groups in total. The van der Waals surface area contributed by atoms with Gasteiger partial charge < -0.3 is 19.7 Å². The predicted molar refractivity (Wildman–Crippen MR) is 75.9 cm³/mol. The fourth-order valence-electron chi connectivity index (χ4n) is 0.680. The molecule has 0 aromatic carbocycles. The number of rotatable bonds is 6. The Labute approximate surface area is 126 Å². The molecule has 0 saturated carbocycles. The monoisotopic (exact) mass is 312 g/mol. The molecule has 0 spiro atoms. The van der Waals surface area contributed by atoms with Crippen molar-refractivity contribution >= 4 is 23.9 Å². The van der Waals surface area contributed by atoms with Crippen LogP contribution in [-0.4, -0.2) is 48.3 Å². The summed E-state index contributed by atoms with van der Waals surface area (Å²) < 4.78 is 8.62. The molecule has 0 aromatic rings. The number of carbonyl (C=O) groups excluding carboxylic acids is 2. The fraction of sp³-hybridized carbons (Fsp3) is 0.143. The van der Waals surface area contributed by atoms with Crippen molar-refractivity contribution in [1.29, 1.82) is 0 Å². The highest BCUT2D eigenvalue weighted by atomic mass is 16.5. The van der Waals surface area contributed by atoms with Gasteiger partial charge in [-0.15, -0.1) is 0 Å². The van der Waals surface area contributed by atoms with Crippen molar-refractivity contribution in [3.63, 3.8) is 0 Å². The van der Waals surface area contributed by atoms with E-state index in [1.165, 1.54) is 38.5 Å². The molecular formula is C14H16O8. The Hall–Kier alpha value is -3.16. The second-order valence-electron chi connectivity index (χ2n) is 3.16. The van der Waals surface area contributed by atoms with E-state index in [4.69, 9.17) is 10.2 Å². The van der Waals surface area contributed by atoms with Gasteiger partial charge >= 0.3 is 23.9 Å². The molecule has 0 rings (SSSR count). The standard InChI is InChI=1S/C8H10O4.C6H6O4/c1-11-7(9)5-3-4-6-8(10)12-2;7-5(8)3-1-2-4-6(9)10/h3-6H,1-2H3;1-4H,(H,7,8)(H,9,10)/b5-3-,6-4+;3-1-,4-2+. The van der Waals surface area contributed by atoms with Crippen LogP contribution in [0.5, 0.6) is 0 Å². The van der Waals surface area contributed by atoms with Crippen LogP contribution in [0.15, 0.2) is 48.6 Å². The number of aliphatic carboxylic acids is 2. The molecule has 0 aromatic heterocycles. The molecule has 0 aliphatic rings. The number of carboxylic acids is 2. The molecule has 0 fully saturated rings. The molecule has 8 heteroatoms. The molecule has 0 aliphatic heterocycles. The van der Waals surface area contributed by atoms with Crippen molar-refractivity contribution in [2.24, 2.45) is 0 Å².